The van der Waals surface area contributed by atoms with Crippen LogP contribution in [0.1, 0.15) is 17.4 Å². The van der Waals surface area contributed by atoms with E-state index in [4.69, 9.17) is 9.47 Å². The van der Waals surface area contributed by atoms with E-state index in [1.807, 2.05) is 47.8 Å². The Morgan fingerprint density at radius 3 is 2.70 bits per heavy atom. The summed E-state index contributed by atoms with van der Waals surface area (Å²) in [7, 11) is 0. The molecular formula is C18H16N2O2S. The molecular weight excluding hydrogens is 308 g/mol. The summed E-state index contributed by atoms with van der Waals surface area (Å²) in [5, 5.41) is 6.27. The molecule has 0 amide bonds. The summed E-state index contributed by atoms with van der Waals surface area (Å²) in [6.45, 7) is 1.25. The molecule has 4 nitrogen and oxygen atoms in total. The maximum absolute atomic E-state index is 5.99. The van der Waals surface area contributed by atoms with Crippen LogP contribution in [0.2, 0.25) is 0 Å². The van der Waals surface area contributed by atoms with Crippen molar-refractivity contribution in [2.24, 2.45) is 0 Å². The van der Waals surface area contributed by atoms with Crippen molar-refractivity contribution in [3.8, 4) is 11.5 Å². The van der Waals surface area contributed by atoms with E-state index in [0.717, 1.165) is 28.9 Å². The smallest absolute Gasteiger partial charge is 0.183 e. The first kappa shape index (κ1) is 14.1. The highest BCUT2D eigenvalue weighted by Crippen LogP contribution is 2.36. The van der Waals surface area contributed by atoms with Crippen molar-refractivity contribution < 1.29 is 9.47 Å². The van der Waals surface area contributed by atoms with E-state index < -0.39 is 0 Å². The van der Waals surface area contributed by atoms with Crippen LogP contribution in [0.5, 0.6) is 11.5 Å². The van der Waals surface area contributed by atoms with Crippen molar-refractivity contribution >= 4 is 16.5 Å². The number of fused-ring (bicyclic) bond motifs is 1. The topological polar surface area (TPSA) is 43.4 Å². The maximum atomic E-state index is 5.99. The number of nitrogens with zero attached hydrogens (tertiary/aromatic N) is 1. The summed E-state index contributed by atoms with van der Waals surface area (Å²) >= 11 is 1.59. The molecule has 3 aromatic rings. The molecule has 5 heteroatoms. The predicted molar refractivity (Wildman–Crippen MR) is 91.2 cm³/mol. The molecule has 1 aliphatic heterocycles. The molecule has 4 rings (SSSR count). The van der Waals surface area contributed by atoms with Crippen molar-refractivity contribution in [1.82, 2.24) is 4.98 Å². The van der Waals surface area contributed by atoms with Gasteiger partial charge in [0.15, 0.2) is 22.7 Å². The van der Waals surface area contributed by atoms with E-state index in [0.29, 0.717) is 6.61 Å². The third-order valence-corrected chi connectivity index (χ3v) is 4.47. The second-order valence-electron chi connectivity index (χ2n) is 5.28. The molecule has 0 radical (unpaired) electrons. The Morgan fingerprint density at radius 1 is 1.04 bits per heavy atom. The van der Waals surface area contributed by atoms with E-state index in [1.54, 1.807) is 11.3 Å². The zero-order valence-electron chi connectivity index (χ0n) is 12.4. The summed E-state index contributed by atoms with van der Waals surface area (Å²) in [5.74, 6) is 1.57. The van der Waals surface area contributed by atoms with E-state index in [1.165, 1.54) is 5.56 Å². The molecule has 116 valence electrons. The predicted octanol–water partition coefficient (Wildman–Crippen LogP) is 4.27. The average Bonchev–Trinajstić information content (AvgIpc) is 3.09. The monoisotopic (exact) mass is 324 g/mol. The van der Waals surface area contributed by atoms with Gasteiger partial charge in [0.1, 0.15) is 6.61 Å². The zero-order valence-corrected chi connectivity index (χ0v) is 13.3. The van der Waals surface area contributed by atoms with Gasteiger partial charge in [0.25, 0.3) is 0 Å². The van der Waals surface area contributed by atoms with Crippen LogP contribution in [-0.2, 0) is 6.54 Å². The van der Waals surface area contributed by atoms with Gasteiger partial charge in [0.2, 0.25) is 0 Å². The lowest BCUT2D eigenvalue weighted by atomic mass is 10.2. The third kappa shape index (κ3) is 3.14. The molecule has 1 aromatic heterocycles. The van der Waals surface area contributed by atoms with Crippen LogP contribution in [0.3, 0.4) is 0 Å². The van der Waals surface area contributed by atoms with Crippen LogP contribution in [0.25, 0.3) is 0 Å². The fraction of sp³-hybridized carbons (Fsp3) is 0.167. The largest absolute Gasteiger partial charge is 0.485 e. The maximum Gasteiger partial charge on any atom is 0.183 e. The standard InChI is InChI=1S/C18H16N2O2S/c1-2-6-13(7-3-1)10-19-18-20-14(12-23-18)17-11-21-15-8-4-5-9-16(15)22-17/h1-9,12,17H,10-11H2,(H,19,20). The Hall–Kier alpha value is -2.53. The SMILES string of the molecule is c1ccc(CNc2nc(C3COc4ccccc4O3)cs2)cc1. The van der Waals surface area contributed by atoms with E-state index in [-0.39, 0.29) is 6.10 Å². The van der Waals surface area contributed by atoms with Gasteiger partial charge in [0, 0.05) is 11.9 Å². The van der Waals surface area contributed by atoms with Gasteiger partial charge < -0.3 is 14.8 Å². The number of anilines is 1. The quantitative estimate of drug-likeness (QED) is 0.778. The fourth-order valence-corrected chi connectivity index (χ4v) is 3.20. The lowest BCUT2D eigenvalue weighted by molar-refractivity contribution is 0.0888. The molecule has 0 bridgehead atoms. The molecule has 1 aliphatic rings. The molecule has 0 saturated heterocycles. The molecule has 1 atom stereocenters. The van der Waals surface area contributed by atoms with Gasteiger partial charge in [-0.3, -0.25) is 0 Å². The van der Waals surface area contributed by atoms with Crippen LogP contribution >= 0.6 is 11.3 Å². The van der Waals surface area contributed by atoms with Crippen LogP contribution in [-0.4, -0.2) is 11.6 Å². The van der Waals surface area contributed by atoms with Gasteiger partial charge in [-0.05, 0) is 17.7 Å². The number of hydrogen-bond acceptors (Lipinski definition) is 5. The van der Waals surface area contributed by atoms with Crippen LogP contribution in [0.4, 0.5) is 5.13 Å². The third-order valence-electron chi connectivity index (χ3n) is 3.65. The van der Waals surface area contributed by atoms with Crippen molar-refractivity contribution in [3.05, 3.63) is 71.2 Å². The number of ether oxygens (including phenoxy) is 2. The Labute approximate surface area is 138 Å². The number of benzene rings is 2. The van der Waals surface area contributed by atoms with Crippen molar-refractivity contribution in [2.75, 3.05) is 11.9 Å². The van der Waals surface area contributed by atoms with E-state index in [2.05, 4.69) is 22.4 Å². The fourth-order valence-electron chi connectivity index (χ4n) is 2.45. The van der Waals surface area contributed by atoms with Gasteiger partial charge in [-0.2, -0.15) is 0 Å². The average molecular weight is 324 g/mol. The highest BCUT2D eigenvalue weighted by atomic mass is 32.1. The van der Waals surface area contributed by atoms with Gasteiger partial charge >= 0.3 is 0 Å². The second kappa shape index (κ2) is 6.30. The first-order chi connectivity index (χ1) is 11.4. The Bertz CT molecular complexity index is 788. The summed E-state index contributed by atoms with van der Waals surface area (Å²) in [5.41, 5.74) is 2.13. The number of thiazole rings is 1. The summed E-state index contributed by atoms with van der Waals surface area (Å²) in [4.78, 5) is 4.62. The molecule has 23 heavy (non-hydrogen) atoms. The summed E-state index contributed by atoms with van der Waals surface area (Å²) < 4.78 is 11.7. The number of hydrogen-bond donors (Lipinski definition) is 1. The van der Waals surface area contributed by atoms with E-state index >= 15 is 0 Å². The van der Waals surface area contributed by atoms with Gasteiger partial charge in [-0.15, -0.1) is 11.3 Å². The molecule has 0 aliphatic carbocycles. The Balaban J connectivity index is 1.42. The van der Waals surface area contributed by atoms with Crippen molar-refractivity contribution in [1.29, 1.82) is 0 Å². The van der Waals surface area contributed by atoms with Crippen molar-refractivity contribution in [3.63, 3.8) is 0 Å². The summed E-state index contributed by atoms with van der Waals surface area (Å²) in [6, 6.07) is 18.0. The second-order valence-corrected chi connectivity index (χ2v) is 6.14. The lowest BCUT2D eigenvalue weighted by Crippen LogP contribution is -2.21. The molecule has 1 unspecified atom stereocenters. The zero-order chi connectivity index (χ0) is 15.5. The number of nitrogens with one attached hydrogen (secondary N) is 1. The first-order valence-electron chi connectivity index (χ1n) is 7.50. The molecule has 0 spiro atoms. The van der Waals surface area contributed by atoms with E-state index in [9.17, 15) is 0 Å². The minimum Gasteiger partial charge on any atom is -0.485 e. The number of aromatic nitrogens is 1. The molecule has 0 fully saturated rings. The molecule has 0 saturated carbocycles. The minimum atomic E-state index is -0.159. The van der Waals surface area contributed by atoms with Gasteiger partial charge in [-0.25, -0.2) is 4.98 Å². The minimum absolute atomic E-state index is 0.159. The Morgan fingerprint density at radius 2 is 1.83 bits per heavy atom. The highest BCUT2D eigenvalue weighted by Gasteiger charge is 2.24. The molecule has 2 aromatic carbocycles. The number of rotatable bonds is 4. The lowest BCUT2D eigenvalue weighted by Gasteiger charge is -2.25. The van der Waals surface area contributed by atoms with Crippen LogP contribution in [0, 0.1) is 0 Å². The Kier molecular flexibility index (Phi) is 3.86. The van der Waals surface area contributed by atoms with Crippen molar-refractivity contribution in [2.45, 2.75) is 12.6 Å². The first-order valence-corrected chi connectivity index (χ1v) is 8.38. The van der Waals surface area contributed by atoms with Crippen LogP contribution in [0.15, 0.2) is 60.0 Å². The van der Waals surface area contributed by atoms with Crippen LogP contribution < -0.4 is 14.8 Å². The van der Waals surface area contributed by atoms with Gasteiger partial charge in [-0.1, -0.05) is 42.5 Å². The number of para-hydroxylation sites is 2. The molecule has 2 heterocycles. The van der Waals surface area contributed by atoms with Gasteiger partial charge in [0.05, 0.1) is 5.69 Å². The normalized spacial score (nSPS) is 16.1. The molecule has 1 N–H and O–H groups in total. The highest BCUT2D eigenvalue weighted by molar-refractivity contribution is 7.13. The summed E-state index contributed by atoms with van der Waals surface area (Å²) in [6.07, 6.45) is -0.159.